The number of nitrogens with one attached hydrogen (secondary N) is 1. The van der Waals surface area contributed by atoms with Crippen molar-refractivity contribution >= 4 is 20.3 Å². The lowest BCUT2D eigenvalue weighted by molar-refractivity contribution is -0.178. The molecule has 1 amide bonds. The number of benzene rings is 3. The van der Waals surface area contributed by atoms with Crippen molar-refractivity contribution < 1.29 is 33.0 Å². The summed E-state index contributed by atoms with van der Waals surface area (Å²) < 4.78 is 26.5. The molecule has 0 saturated heterocycles. The molecule has 3 rings (SSSR count). The number of ether oxygens (including phenoxy) is 2. The van der Waals surface area contributed by atoms with Gasteiger partial charge >= 0.3 is 20.3 Å². The van der Waals surface area contributed by atoms with E-state index in [0.717, 1.165) is 11.1 Å². The number of carbonyl (C=O) groups excluding carboxylic acids is 2. The van der Waals surface area contributed by atoms with Gasteiger partial charge in [-0.15, -0.1) is 0 Å². The molecule has 2 atom stereocenters. The first kappa shape index (κ1) is 24.9. The van der Waals surface area contributed by atoms with Gasteiger partial charge < -0.3 is 19.7 Å². The Labute approximate surface area is 198 Å². The van der Waals surface area contributed by atoms with Crippen LogP contribution in [0.25, 0.3) is 0 Å². The lowest BCUT2D eigenvalue weighted by Gasteiger charge is -2.18. The summed E-state index contributed by atoms with van der Waals surface area (Å²) in [7, 11) is -3.09. The van der Waals surface area contributed by atoms with Crippen LogP contribution in [-0.2, 0) is 38.5 Å². The van der Waals surface area contributed by atoms with Gasteiger partial charge in [-0.05, 0) is 39.8 Å². The first-order valence-corrected chi connectivity index (χ1v) is 11.6. The first-order chi connectivity index (χ1) is 16.4. The van der Waals surface area contributed by atoms with Crippen LogP contribution in [0.2, 0.25) is 0 Å². The summed E-state index contributed by atoms with van der Waals surface area (Å²) >= 11 is 0. The van der Waals surface area contributed by atoms with Crippen LogP contribution >= 0.6 is 8.25 Å². The van der Waals surface area contributed by atoms with Crippen LogP contribution in [0.1, 0.15) is 22.3 Å². The average molecular weight is 481 g/mol. The minimum Gasteiger partial charge on any atom is -0.558 e. The van der Waals surface area contributed by atoms with Gasteiger partial charge in [0, 0.05) is 6.42 Å². The molecule has 34 heavy (non-hydrogen) atoms. The molecular weight excluding hydrogens is 457 g/mol. The Hall–Kier alpha value is -3.74. The van der Waals surface area contributed by atoms with Gasteiger partial charge in [-0.25, -0.2) is 9.59 Å². The number of carbonyl (C=O) groups is 2. The minimum atomic E-state index is -3.09. The largest absolute Gasteiger partial charge is 0.558 e. The van der Waals surface area contributed by atoms with Crippen molar-refractivity contribution in [2.24, 2.45) is 0 Å². The molecule has 176 valence electrons. The molecule has 3 aromatic carbocycles. The van der Waals surface area contributed by atoms with E-state index in [-0.39, 0.29) is 25.4 Å². The first-order valence-electron chi connectivity index (χ1n) is 10.5. The fourth-order valence-electron chi connectivity index (χ4n) is 3.12. The van der Waals surface area contributed by atoms with E-state index in [9.17, 15) is 19.0 Å². The number of rotatable bonds is 10. The molecule has 3 aromatic rings. The predicted molar refractivity (Wildman–Crippen MR) is 123 cm³/mol. The second-order valence-electron chi connectivity index (χ2n) is 7.47. The lowest BCUT2D eigenvalue weighted by Crippen LogP contribution is -2.43. The molecule has 0 bridgehead atoms. The third-order valence-corrected chi connectivity index (χ3v) is 5.22. The summed E-state index contributed by atoms with van der Waals surface area (Å²) in [6.45, 7) is 1.77. The zero-order chi connectivity index (χ0) is 24.3. The van der Waals surface area contributed by atoms with Gasteiger partial charge in [-0.3, -0.25) is 4.52 Å². The van der Waals surface area contributed by atoms with Crippen LogP contribution in [0.15, 0.2) is 78.9 Å². The quantitative estimate of drug-likeness (QED) is 0.344. The lowest BCUT2D eigenvalue weighted by atomic mass is 10.0. The van der Waals surface area contributed by atoms with Crippen molar-refractivity contribution in [3.8, 4) is 5.75 Å². The monoisotopic (exact) mass is 481 g/mol. The van der Waals surface area contributed by atoms with Crippen molar-refractivity contribution in [2.45, 2.75) is 32.6 Å². The van der Waals surface area contributed by atoms with E-state index in [0.29, 0.717) is 11.1 Å². The van der Waals surface area contributed by atoms with Crippen molar-refractivity contribution in [3.63, 3.8) is 0 Å². The van der Waals surface area contributed by atoms with Gasteiger partial charge in [0.15, 0.2) is 5.75 Å². The molecular formula is C25H24NO7P. The Morgan fingerprint density at radius 3 is 2.06 bits per heavy atom. The third kappa shape index (κ3) is 7.99. The maximum absolute atomic E-state index is 12.8. The van der Waals surface area contributed by atoms with E-state index in [1.807, 2.05) is 60.7 Å². The highest BCUT2D eigenvalue weighted by Crippen LogP contribution is 2.26. The molecule has 8 nitrogen and oxygen atoms in total. The highest BCUT2D eigenvalue weighted by molar-refractivity contribution is 7.31. The Bertz CT molecular complexity index is 1120. The number of amides is 1. The van der Waals surface area contributed by atoms with Crippen molar-refractivity contribution in [1.82, 2.24) is 5.32 Å². The van der Waals surface area contributed by atoms with E-state index in [4.69, 9.17) is 14.0 Å². The summed E-state index contributed by atoms with van der Waals surface area (Å²) in [5.74, 6) is -0.505. The molecule has 1 N–H and O–H groups in total. The number of aryl methyl sites for hydroxylation is 1. The molecule has 0 radical (unpaired) electrons. The molecule has 9 heteroatoms. The van der Waals surface area contributed by atoms with Gasteiger partial charge in [-0.2, -0.15) is 0 Å². The Balaban J connectivity index is 1.70. The summed E-state index contributed by atoms with van der Waals surface area (Å²) in [5, 5.41) is 2.55. The highest BCUT2D eigenvalue weighted by Gasteiger charge is 2.24. The predicted octanol–water partition coefficient (Wildman–Crippen LogP) is 3.97. The summed E-state index contributed by atoms with van der Waals surface area (Å²) in [6.07, 6.45) is -0.739. The van der Waals surface area contributed by atoms with Crippen LogP contribution in [0.3, 0.4) is 0 Å². The molecule has 0 aromatic heterocycles. The van der Waals surface area contributed by atoms with Gasteiger partial charge in [0.1, 0.15) is 19.3 Å². The number of hydrogen-bond donors (Lipinski definition) is 1. The SMILES string of the molecule is Cc1ccc(CC(NC(=O)OCc2ccccc2)C(=O)OCc2ccccc2)cc1O[P+](=O)[O-]. The molecule has 0 aliphatic rings. The zero-order valence-corrected chi connectivity index (χ0v) is 19.4. The van der Waals surface area contributed by atoms with Crippen LogP contribution < -0.4 is 14.7 Å². The van der Waals surface area contributed by atoms with Crippen molar-refractivity contribution in [1.29, 1.82) is 0 Å². The fourth-order valence-corrected chi connectivity index (χ4v) is 3.47. The molecule has 0 spiro atoms. The van der Waals surface area contributed by atoms with E-state index >= 15 is 0 Å². The third-order valence-electron chi connectivity index (χ3n) is 4.88. The fraction of sp³-hybridized carbons (Fsp3) is 0.200. The van der Waals surface area contributed by atoms with E-state index in [2.05, 4.69) is 5.32 Å². The molecule has 0 heterocycles. The van der Waals surface area contributed by atoms with Crippen LogP contribution in [0, 0.1) is 6.92 Å². The summed E-state index contributed by atoms with van der Waals surface area (Å²) in [5.41, 5.74) is 2.78. The second-order valence-corrected chi connectivity index (χ2v) is 8.10. The smallest absolute Gasteiger partial charge is 0.539 e. The van der Waals surface area contributed by atoms with Crippen LogP contribution in [-0.4, -0.2) is 18.1 Å². The standard InChI is InChI=1S/C25H24NO7P/c1-18-12-13-21(15-23(18)33-34(29)30)14-22(24(27)31-16-19-8-4-2-5-9-19)26-25(28)32-17-20-10-6-3-7-11-20/h2-13,15,22H,14,16-17H2,1H3,(H,26,28). The van der Waals surface area contributed by atoms with E-state index in [1.165, 1.54) is 6.07 Å². The van der Waals surface area contributed by atoms with E-state index < -0.39 is 26.4 Å². The zero-order valence-electron chi connectivity index (χ0n) is 18.5. The van der Waals surface area contributed by atoms with Crippen LogP contribution in [0.4, 0.5) is 4.79 Å². The van der Waals surface area contributed by atoms with Gasteiger partial charge in [-0.1, -0.05) is 72.8 Å². The molecule has 0 aliphatic carbocycles. The Morgan fingerprint density at radius 2 is 1.47 bits per heavy atom. The van der Waals surface area contributed by atoms with Crippen molar-refractivity contribution in [3.05, 3.63) is 101 Å². The molecule has 0 aliphatic heterocycles. The Morgan fingerprint density at radius 1 is 0.882 bits per heavy atom. The minimum absolute atomic E-state index is 0.0375. The maximum Gasteiger partial charge on any atom is 0.539 e. The van der Waals surface area contributed by atoms with Gasteiger partial charge in [0.25, 0.3) is 0 Å². The number of alkyl carbamates (subject to hydrolysis) is 1. The van der Waals surface area contributed by atoms with E-state index in [1.54, 1.807) is 19.1 Å². The molecule has 0 saturated carbocycles. The molecule has 2 unspecified atom stereocenters. The number of esters is 1. The second kappa shape index (κ2) is 12.5. The summed E-state index contributed by atoms with van der Waals surface area (Å²) in [6, 6.07) is 22.1. The highest BCUT2D eigenvalue weighted by atomic mass is 31.1. The van der Waals surface area contributed by atoms with Gasteiger partial charge in [0.05, 0.1) is 0 Å². The van der Waals surface area contributed by atoms with Crippen molar-refractivity contribution in [2.75, 3.05) is 0 Å². The van der Waals surface area contributed by atoms with Gasteiger partial charge in [0.2, 0.25) is 0 Å². The average Bonchev–Trinajstić information content (AvgIpc) is 2.84. The Kier molecular flexibility index (Phi) is 9.14. The summed E-state index contributed by atoms with van der Waals surface area (Å²) in [4.78, 5) is 36.2. The molecule has 0 fully saturated rings. The topological polar surface area (TPSA) is 114 Å². The number of hydrogen-bond acceptors (Lipinski definition) is 7. The maximum atomic E-state index is 12.8. The normalized spacial score (nSPS) is 11.8. The van der Waals surface area contributed by atoms with Crippen LogP contribution in [0.5, 0.6) is 5.75 Å².